The van der Waals surface area contributed by atoms with Gasteiger partial charge in [0.25, 0.3) is 0 Å². The molecular formula is C11H6Cl2N2. The van der Waals surface area contributed by atoms with Crippen LogP contribution in [0.2, 0.25) is 10.2 Å². The number of fused-ring (bicyclic) bond motifs is 1. The molecule has 0 aliphatic carbocycles. The third-order valence-corrected chi connectivity index (χ3v) is 2.64. The smallest absolute Gasteiger partial charge is 0.134 e. The molecule has 0 saturated carbocycles. The lowest BCUT2D eigenvalue weighted by Crippen LogP contribution is -1.88. The molecule has 4 heteroatoms. The van der Waals surface area contributed by atoms with Crippen LogP contribution in [0.15, 0.2) is 24.3 Å². The lowest BCUT2D eigenvalue weighted by molar-refractivity contribution is 1.22. The van der Waals surface area contributed by atoms with Gasteiger partial charge in [-0.25, -0.2) is 4.98 Å². The molecule has 74 valence electrons. The quantitative estimate of drug-likeness (QED) is 0.710. The van der Waals surface area contributed by atoms with Gasteiger partial charge in [-0.1, -0.05) is 29.3 Å². The molecule has 0 aliphatic heterocycles. The Kier molecular flexibility index (Phi) is 2.77. The standard InChI is InChI=1S/C11H6Cl2N2/c12-9-2-1-7-5-8(3-4-14)11(13)15-10(7)6-9/h1-2,5-6H,3H2. The summed E-state index contributed by atoms with van der Waals surface area (Å²) < 4.78 is 0. The number of hydrogen-bond acceptors (Lipinski definition) is 2. The van der Waals surface area contributed by atoms with E-state index < -0.39 is 0 Å². The predicted octanol–water partition coefficient (Wildman–Crippen LogP) is 3.61. The fraction of sp³-hybridized carbons (Fsp3) is 0.0909. The largest absolute Gasteiger partial charge is 0.236 e. The molecule has 0 amide bonds. The van der Waals surface area contributed by atoms with Crippen molar-refractivity contribution >= 4 is 34.1 Å². The Bertz CT molecular complexity index is 558. The van der Waals surface area contributed by atoms with Gasteiger partial charge in [-0.3, -0.25) is 0 Å². The molecule has 0 N–H and O–H groups in total. The molecule has 0 aliphatic rings. The molecule has 0 unspecified atom stereocenters. The van der Waals surface area contributed by atoms with Crippen LogP contribution in [0, 0.1) is 11.3 Å². The van der Waals surface area contributed by atoms with Crippen LogP contribution in [0.25, 0.3) is 10.9 Å². The first-order valence-corrected chi connectivity index (χ1v) is 5.08. The van der Waals surface area contributed by atoms with E-state index in [0.717, 1.165) is 16.5 Å². The van der Waals surface area contributed by atoms with Crippen molar-refractivity contribution in [3.05, 3.63) is 40.0 Å². The Morgan fingerprint density at radius 2 is 2.07 bits per heavy atom. The number of aromatic nitrogens is 1. The second-order valence-corrected chi connectivity index (χ2v) is 3.90. The van der Waals surface area contributed by atoms with Crippen molar-refractivity contribution in [3.63, 3.8) is 0 Å². The molecule has 2 aromatic rings. The molecule has 0 fully saturated rings. The maximum Gasteiger partial charge on any atom is 0.134 e. The average Bonchev–Trinajstić information content (AvgIpc) is 2.20. The highest BCUT2D eigenvalue weighted by Gasteiger charge is 2.04. The van der Waals surface area contributed by atoms with Gasteiger partial charge in [0.1, 0.15) is 5.15 Å². The molecule has 0 spiro atoms. The summed E-state index contributed by atoms with van der Waals surface area (Å²) in [5, 5.41) is 10.5. The van der Waals surface area contributed by atoms with Crippen molar-refractivity contribution in [1.82, 2.24) is 4.98 Å². The SMILES string of the molecule is N#CCc1cc2ccc(Cl)cc2nc1Cl. The van der Waals surface area contributed by atoms with E-state index in [4.69, 9.17) is 28.5 Å². The van der Waals surface area contributed by atoms with Crippen LogP contribution in [-0.4, -0.2) is 4.98 Å². The van der Waals surface area contributed by atoms with Gasteiger partial charge in [0.15, 0.2) is 0 Å². The van der Waals surface area contributed by atoms with Crippen LogP contribution in [0.3, 0.4) is 0 Å². The van der Waals surface area contributed by atoms with Crippen LogP contribution < -0.4 is 0 Å². The van der Waals surface area contributed by atoms with Crippen LogP contribution in [0.1, 0.15) is 5.56 Å². The minimum absolute atomic E-state index is 0.268. The van der Waals surface area contributed by atoms with Crippen LogP contribution >= 0.6 is 23.2 Å². The zero-order chi connectivity index (χ0) is 10.8. The highest BCUT2D eigenvalue weighted by molar-refractivity contribution is 6.32. The van der Waals surface area contributed by atoms with Crippen LogP contribution in [-0.2, 0) is 6.42 Å². The van der Waals surface area contributed by atoms with Crippen LogP contribution in [0.4, 0.5) is 0 Å². The molecule has 2 nitrogen and oxygen atoms in total. The Balaban J connectivity index is 2.66. The zero-order valence-corrected chi connectivity index (χ0v) is 9.18. The monoisotopic (exact) mass is 236 g/mol. The molecule has 1 aromatic heterocycles. The highest BCUT2D eigenvalue weighted by Crippen LogP contribution is 2.23. The number of rotatable bonds is 1. The molecule has 15 heavy (non-hydrogen) atoms. The van der Waals surface area contributed by atoms with Gasteiger partial charge < -0.3 is 0 Å². The van der Waals surface area contributed by atoms with Crippen molar-refractivity contribution in [3.8, 4) is 6.07 Å². The molecule has 0 saturated heterocycles. The Morgan fingerprint density at radius 3 is 2.80 bits per heavy atom. The van der Waals surface area contributed by atoms with Crippen molar-refractivity contribution in [2.75, 3.05) is 0 Å². The molecule has 0 radical (unpaired) electrons. The van der Waals surface area contributed by atoms with Gasteiger partial charge in [0.2, 0.25) is 0 Å². The summed E-state index contributed by atoms with van der Waals surface area (Å²) in [5.74, 6) is 0. The Labute approximate surface area is 97.1 Å². The first kappa shape index (κ1) is 10.2. The summed E-state index contributed by atoms with van der Waals surface area (Å²) in [6, 6.07) is 9.31. The number of benzene rings is 1. The molecule has 2 rings (SSSR count). The number of hydrogen-bond donors (Lipinski definition) is 0. The number of nitriles is 1. The predicted molar refractivity (Wildman–Crippen MR) is 61.1 cm³/mol. The second kappa shape index (κ2) is 4.06. The summed E-state index contributed by atoms with van der Waals surface area (Å²) >= 11 is 11.8. The fourth-order valence-corrected chi connectivity index (χ4v) is 1.75. The van der Waals surface area contributed by atoms with Gasteiger partial charge >= 0.3 is 0 Å². The summed E-state index contributed by atoms with van der Waals surface area (Å²) in [6.07, 6.45) is 0.268. The third kappa shape index (κ3) is 2.04. The molecule has 0 bridgehead atoms. The third-order valence-electron chi connectivity index (χ3n) is 2.08. The second-order valence-electron chi connectivity index (χ2n) is 3.11. The van der Waals surface area contributed by atoms with E-state index in [1.165, 1.54) is 0 Å². The lowest BCUT2D eigenvalue weighted by Gasteiger charge is -2.02. The molecule has 0 atom stereocenters. The Hall–Kier alpha value is -1.30. The number of pyridine rings is 1. The minimum Gasteiger partial charge on any atom is -0.236 e. The Morgan fingerprint density at radius 1 is 1.27 bits per heavy atom. The highest BCUT2D eigenvalue weighted by atomic mass is 35.5. The maximum absolute atomic E-state index is 8.60. The average molecular weight is 237 g/mol. The van der Waals surface area contributed by atoms with Gasteiger partial charge in [0, 0.05) is 16.0 Å². The zero-order valence-electron chi connectivity index (χ0n) is 7.67. The van der Waals surface area contributed by atoms with Gasteiger partial charge in [0.05, 0.1) is 18.0 Å². The summed E-state index contributed by atoms with van der Waals surface area (Å²) in [4.78, 5) is 4.18. The van der Waals surface area contributed by atoms with E-state index >= 15 is 0 Å². The fourth-order valence-electron chi connectivity index (χ4n) is 1.37. The summed E-state index contributed by atoms with van der Waals surface area (Å²) in [5.41, 5.74) is 1.49. The van der Waals surface area contributed by atoms with Crippen molar-refractivity contribution in [2.24, 2.45) is 0 Å². The van der Waals surface area contributed by atoms with Crippen molar-refractivity contribution in [1.29, 1.82) is 5.26 Å². The van der Waals surface area contributed by atoms with E-state index in [1.807, 2.05) is 12.1 Å². The maximum atomic E-state index is 8.60. The van der Waals surface area contributed by atoms with E-state index in [-0.39, 0.29) is 6.42 Å². The normalized spacial score (nSPS) is 10.2. The van der Waals surface area contributed by atoms with E-state index in [2.05, 4.69) is 11.1 Å². The first-order chi connectivity index (χ1) is 7.20. The topological polar surface area (TPSA) is 36.7 Å². The molecular weight excluding hydrogens is 231 g/mol. The van der Waals surface area contributed by atoms with E-state index in [0.29, 0.717) is 10.2 Å². The van der Waals surface area contributed by atoms with E-state index in [1.54, 1.807) is 12.1 Å². The van der Waals surface area contributed by atoms with Crippen molar-refractivity contribution < 1.29 is 0 Å². The van der Waals surface area contributed by atoms with Gasteiger partial charge in [-0.05, 0) is 18.2 Å². The van der Waals surface area contributed by atoms with Crippen molar-refractivity contribution in [2.45, 2.75) is 6.42 Å². The van der Waals surface area contributed by atoms with Gasteiger partial charge in [-0.2, -0.15) is 5.26 Å². The first-order valence-electron chi connectivity index (χ1n) is 4.32. The number of halogens is 2. The van der Waals surface area contributed by atoms with Crippen LogP contribution in [0.5, 0.6) is 0 Å². The lowest BCUT2D eigenvalue weighted by atomic mass is 10.1. The molecule has 1 heterocycles. The molecule has 1 aromatic carbocycles. The number of nitrogens with zero attached hydrogens (tertiary/aromatic N) is 2. The van der Waals surface area contributed by atoms with Gasteiger partial charge in [-0.15, -0.1) is 0 Å². The summed E-state index contributed by atoms with van der Waals surface area (Å²) in [6.45, 7) is 0. The minimum atomic E-state index is 0.268. The van der Waals surface area contributed by atoms with E-state index in [9.17, 15) is 0 Å². The summed E-state index contributed by atoms with van der Waals surface area (Å²) in [7, 11) is 0.